The van der Waals surface area contributed by atoms with Crippen LogP contribution in [0.2, 0.25) is 0 Å². The Hall–Kier alpha value is -0.710. The first-order valence-electron chi connectivity index (χ1n) is 5.32. The average Bonchev–Trinajstić information content (AvgIpc) is 2.16. The summed E-state index contributed by atoms with van der Waals surface area (Å²) in [6.07, 6.45) is -0.510. The Balaban J connectivity index is 5.41. The van der Waals surface area contributed by atoms with Gasteiger partial charge in [0, 0.05) is 0 Å². The molecule has 0 radical (unpaired) electrons. The van der Waals surface area contributed by atoms with Gasteiger partial charge in [-0.15, -0.1) is 0 Å². The molecule has 0 aromatic heterocycles. The second kappa shape index (κ2) is 5.57. The van der Waals surface area contributed by atoms with Crippen LogP contribution in [0, 0.1) is 22.1 Å². The Morgan fingerprint density at radius 2 is 1.44 bits per heavy atom. The van der Waals surface area contributed by atoms with Gasteiger partial charge in [0.15, 0.2) is 0 Å². The quantitative estimate of drug-likeness (QED) is 0.728. The molecule has 0 amide bonds. The Morgan fingerprint density at radius 3 is 1.62 bits per heavy atom. The van der Waals surface area contributed by atoms with Crippen LogP contribution >= 0.6 is 7.21 Å². The van der Waals surface area contributed by atoms with E-state index in [9.17, 15) is 10.5 Å². The molecule has 0 aromatic rings. The number of nitrogens with one attached hydrogen (secondary N) is 1. The van der Waals surface area contributed by atoms with Gasteiger partial charge in [0.05, 0.1) is 0 Å². The Kier molecular flexibility index (Phi) is 5.32. The standard InChI is InChI=1S/C10H20N3O2P/c1-6-13-16(7-11,8-12,14-9(2)3)15-10(4)5/h9-10,13H,6H2,1-5H3. The molecule has 0 atom stereocenters. The average molecular weight is 245 g/mol. The van der Waals surface area contributed by atoms with Crippen LogP contribution in [0.5, 0.6) is 0 Å². The number of nitrogens with zero attached hydrogens (tertiary/aromatic N) is 2. The molecule has 0 unspecified atom stereocenters. The topological polar surface area (TPSA) is 78.1 Å². The SMILES string of the molecule is CCNP(C#N)(C#N)(OC(C)C)OC(C)C. The van der Waals surface area contributed by atoms with Crippen molar-refractivity contribution in [3.8, 4) is 11.6 Å². The molecule has 0 rings (SSSR count). The molecule has 0 aliphatic carbocycles. The summed E-state index contributed by atoms with van der Waals surface area (Å²) in [5.41, 5.74) is 0. The molecule has 1 N–H and O–H groups in total. The molecule has 92 valence electrons. The van der Waals surface area contributed by atoms with Crippen molar-refractivity contribution in [3.05, 3.63) is 0 Å². The van der Waals surface area contributed by atoms with Crippen molar-refractivity contribution in [1.29, 1.82) is 10.5 Å². The summed E-state index contributed by atoms with van der Waals surface area (Å²) in [7, 11) is -4.04. The number of hydrogen-bond donors (Lipinski definition) is 1. The van der Waals surface area contributed by atoms with Crippen molar-refractivity contribution >= 4 is 7.21 Å². The molecule has 6 heteroatoms. The Labute approximate surface area is 97.5 Å². The maximum atomic E-state index is 9.33. The zero-order valence-corrected chi connectivity index (χ0v) is 11.4. The van der Waals surface area contributed by atoms with Gasteiger partial charge < -0.3 is 0 Å². The van der Waals surface area contributed by atoms with Crippen LogP contribution in [-0.4, -0.2) is 18.8 Å². The van der Waals surface area contributed by atoms with Crippen LogP contribution < -0.4 is 5.09 Å². The zero-order valence-electron chi connectivity index (χ0n) is 10.5. The summed E-state index contributed by atoms with van der Waals surface area (Å²) in [5.74, 6) is 3.91. The third-order valence-electron chi connectivity index (χ3n) is 1.63. The predicted molar refractivity (Wildman–Crippen MR) is 64.3 cm³/mol. The fourth-order valence-electron chi connectivity index (χ4n) is 1.38. The molecule has 0 spiro atoms. The van der Waals surface area contributed by atoms with Gasteiger partial charge in [-0.1, -0.05) is 0 Å². The normalized spacial score (nSPS) is 14.2. The van der Waals surface area contributed by atoms with Crippen molar-refractivity contribution in [2.75, 3.05) is 6.54 Å². The van der Waals surface area contributed by atoms with Crippen molar-refractivity contribution < 1.29 is 9.05 Å². The first-order chi connectivity index (χ1) is 7.33. The third-order valence-corrected chi connectivity index (χ3v) is 4.90. The fraction of sp³-hybridized carbons (Fsp3) is 0.800. The molecule has 0 fully saturated rings. The summed E-state index contributed by atoms with van der Waals surface area (Å²) in [5, 5.41) is 21.5. The predicted octanol–water partition coefficient (Wildman–Crippen LogP) is 2.71. The Morgan fingerprint density at radius 1 is 1.06 bits per heavy atom. The molecule has 0 aliphatic heterocycles. The van der Waals surface area contributed by atoms with Crippen LogP contribution in [0.15, 0.2) is 0 Å². The van der Waals surface area contributed by atoms with Crippen LogP contribution in [0.3, 0.4) is 0 Å². The summed E-state index contributed by atoms with van der Waals surface area (Å²) in [6.45, 7) is 9.35. The summed E-state index contributed by atoms with van der Waals surface area (Å²) < 4.78 is 11.1. The van der Waals surface area contributed by atoms with Gasteiger partial charge >= 0.3 is 96.9 Å². The van der Waals surface area contributed by atoms with Crippen LogP contribution in [0.1, 0.15) is 34.6 Å². The third kappa shape index (κ3) is 3.40. The second-order valence-electron chi connectivity index (χ2n) is 3.98. The minimum absolute atomic E-state index is 0.255. The molecule has 0 bridgehead atoms. The molecule has 0 aliphatic rings. The van der Waals surface area contributed by atoms with E-state index in [1.54, 1.807) is 27.7 Å². The van der Waals surface area contributed by atoms with Crippen molar-refractivity contribution in [3.63, 3.8) is 0 Å². The molecule has 0 saturated carbocycles. The number of nitriles is 2. The molecule has 0 heterocycles. The van der Waals surface area contributed by atoms with Gasteiger partial charge in [-0.2, -0.15) is 0 Å². The van der Waals surface area contributed by atoms with E-state index in [1.807, 2.05) is 18.5 Å². The van der Waals surface area contributed by atoms with E-state index >= 15 is 0 Å². The van der Waals surface area contributed by atoms with E-state index < -0.39 is 7.21 Å². The summed E-state index contributed by atoms with van der Waals surface area (Å²) in [4.78, 5) is 0. The summed E-state index contributed by atoms with van der Waals surface area (Å²) in [6, 6.07) is 0. The number of hydrogen-bond acceptors (Lipinski definition) is 5. The molecule has 16 heavy (non-hydrogen) atoms. The molecule has 0 aromatic carbocycles. The first kappa shape index (κ1) is 15.3. The molecule has 0 saturated heterocycles. The van der Waals surface area contributed by atoms with E-state index in [0.717, 1.165) is 0 Å². The van der Waals surface area contributed by atoms with E-state index in [1.165, 1.54) is 0 Å². The fourth-order valence-corrected chi connectivity index (χ4v) is 4.14. The van der Waals surface area contributed by atoms with E-state index in [-0.39, 0.29) is 12.2 Å². The molecular formula is C10H20N3O2P. The van der Waals surface area contributed by atoms with Gasteiger partial charge in [-0.05, 0) is 0 Å². The van der Waals surface area contributed by atoms with Gasteiger partial charge in [-0.3, -0.25) is 0 Å². The van der Waals surface area contributed by atoms with Crippen LogP contribution in [0.25, 0.3) is 0 Å². The van der Waals surface area contributed by atoms with Gasteiger partial charge in [0.25, 0.3) is 0 Å². The van der Waals surface area contributed by atoms with Crippen molar-refractivity contribution in [1.82, 2.24) is 5.09 Å². The van der Waals surface area contributed by atoms with Crippen molar-refractivity contribution in [2.24, 2.45) is 0 Å². The number of rotatable bonds is 6. The monoisotopic (exact) mass is 245 g/mol. The first-order valence-corrected chi connectivity index (χ1v) is 7.40. The van der Waals surface area contributed by atoms with Crippen molar-refractivity contribution in [2.45, 2.75) is 46.8 Å². The van der Waals surface area contributed by atoms with Gasteiger partial charge in [0.2, 0.25) is 0 Å². The summed E-state index contributed by atoms with van der Waals surface area (Å²) >= 11 is 0. The molecular weight excluding hydrogens is 225 g/mol. The van der Waals surface area contributed by atoms with Gasteiger partial charge in [-0.25, -0.2) is 0 Å². The van der Waals surface area contributed by atoms with Crippen LogP contribution in [-0.2, 0) is 9.05 Å². The second-order valence-corrected chi connectivity index (χ2v) is 7.03. The van der Waals surface area contributed by atoms with Gasteiger partial charge in [0.1, 0.15) is 0 Å². The maximum absolute atomic E-state index is 9.33. The molecule has 5 nitrogen and oxygen atoms in total. The van der Waals surface area contributed by atoms with Crippen LogP contribution in [0.4, 0.5) is 0 Å². The van der Waals surface area contributed by atoms with E-state index in [4.69, 9.17) is 9.05 Å². The van der Waals surface area contributed by atoms with E-state index in [0.29, 0.717) is 6.54 Å². The zero-order chi connectivity index (χ0) is 12.8. The minimum atomic E-state index is -4.04. The Bertz CT molecular complexity index is 289. The van der Waals surface area contributed by atoms with E-state index in [2.05, 4.69) is 5.09 Å².